The summed E-state index contributed by atoms with van der Waals surface area (Å²) < 4.78 is 2.23. The fraction of sp³-hybridized carbons (Fsp3) is 0.625. The van der Waals surface area contributed by atoms with Crippen molar-refractivity contribution in [3.63, 3.8) is 0 Å². The Balaban J connectivity index is 3.14. The Bertz CT molecular complexity index is 253. The molecule has 0 fully saturated rings. The molecule has 0 saturated heterocycles. The third kappa shape index (κ3) is 1.43. The van der Waals surface area contributed by atoms with Gasteiger partial charge in [-0.2, -0.15) is 0 Å². The number of imidazole rings is 1. The lowest BCUT2D eigenvalue weighted by molar-refractivity contribution is 0.707. The van der Waals surface area contributed by atoms with E-state index in [1.165, 1.54) is 5.69 Å². The molecule has 0 saturated carbocycles. The van der Waals surface area contributed by atoms with E-state index >= 15 is 0 Å². The van der Waals surface area contributed by atoms with Crippen LogP contribution in [0.5, 0.6) is 0 Å². The number of rotatable bonds is 2. The van der Waals surface area contributed by atoms with Gasteiger partial charge in [-0.3, -0.25) is 0 Å². The number of thioether (sulfide) groups is 1. The monoisotopic (exact) mass is 170 g/mol. The molecule has 1 aromatic heterocycles. The zero-order chi connectivity index (χ0) is 8.43. The maximum Gasteiger partial charge on any atom is 0.117 e. The fourth-order valence-electron chi connectivity index (χ4n) is 1.31. The van der Waals surface area contributed by atoms with Crippen molar-refractivity contribution in [3.8, 4) is 0 Å². The van der Waals surface area contributed by atoms with Crippen LogP contribution in [0.3, 0.4) is 0 Å². The van der Waals surface area contributed by atoms with Gasteiger partial charge >= 0.3 is 0 Å². The van der Waals surface area contributed by atoms with Gasteiger partial charge < -0.3 is 4.57 Å². The molecular weight excluding hydrogens is 156 g/mol. The molecule has 1 rings (SSSR count). The summed E-state index contributed by atoms with van der Waals surface area (Å²) in [5.41, 5.74) is 1.29. The predicted octanol–water partition coefficient (Wildman–Crippen LogP) is 2.24. The molecule has 11 heavy (non-hydrogen) atoms. The third-order valence-electron chi connectivity index (χ3n) is 1.88. The largest absolute Gasteiger partial charge is 0.332 e. The second kappa shape index (κ2) is 3.30. The van der Waals surface area contributed by atoms with E-state index in [4.69, 9.17) is 0 Å². The van der Waals surface area contributed by atoms with Gasteiger partial charge in [-0.1, -0.05) is 0 Å². The van der Waals surface area contributed by atoms with Crippen LogP contribution in [0.2, 0.25) is 0 Å². The maximum atomic E-state index is 4.43. The van der Waals surface area contributed by atoms with Crippen LogP contribution in [0.15, 0.2) is 5.03 Å². The highest BCUT2D eigenvalue weighted by atomic mass is 32.2. The Hall–Kier alpha value is -0.440. The molecular formula is C8H14N2S. The second-order valence-electron chi connectivity index (χ2n) is 2.50. The van der Waals surface area contributed by atoms with Gasteiger partial charge in [-0.05, 0) is 27.0 Å². The van der Waals surface area contributed by atoms with Crippen LogP contribution >= 0.6 is 11.8 Å². The van der Waals surface area contributed by atoms with E-state index < -0.39 is 0 Å². The van der Waals surface area contributed by atoms with Gasteiger partial charge in [0.15, 0.2) is 0 Å². The summed E-state index contributed by atoms with van der Waals surface area (Å²) in [7, 11) is 0. The zero-order valence-electron chi connectivity index (χ0n) is 7.51. The second-order valence-corrected chi connectivity index (χ2v) is 3.29. The van der Waals surface area contributed by atoms with Crippen LogP contribution in [0.25, 0.3) is 0 Å². The molecule has 0 amide bonds. The van der Waals surface area contributed by atoms with Gasteiger partial charge in [0, 0.05) is 12.2 Å². The van der Waals surface area contributed by atoms with Crippen molar-refractivity contribution in [2.24, 2.45) is 0 Å². The van der Waals surface area contributed by atoms with E-state index in [1.54, 1.807) is 11.8 Å². The minimum Gasteiger partial charge on any atom is -0.332 e. The summed E-state index contributed by atoms with van der Waals surface area (Å²) in [4.78, 5) is 4.43. The van der Waals surface area contributed by atoms with Crippen LogP contribution in [-0.4, -0.2) is 15.8 Å². The van der Waals surface area contributed by atoms with Crippen LogP contribution in [0.1, 0.15) is 18.4 Å². The Morgan fingerprint density at radius 1 is 1.45 bits per heavy atom. The van der Waals surface area contributed by atoms with Crippen LogP contribution in [0, 0.1) is 13.8 Å². The van der Waals surface area contributed by atoms with E-state index in [0.717, 1.165) is 17.4 Å². The summed E-state index contributed by atoms with van der Waals surface area (Å²) in [5.74, 6) is 1.12. The van der Waals surface area contributed by atoms with Gasteiger partial charge in [0.25, 0.3) is 0 Å². The van der Waals surface area contributed by atoms with Gasteiger partial charge in [0.2, 0.25) is 0 Å². The normalized spacial score (nSPS) is 10.5. The van der Waals surface area contributed by atoms with Crippen molar-refractivity contribution in [2.45, 2.75) is 32.3 Å². The molecule has 3 heteroatoms. The molecule has 0 aliphatic carbocycles. The molecule has 0 radical (unpaired) electrons. The predicted molar refractivity (Wildman–Crippen MR) is 49.2 cm³/mol. The van der Waals surface area contributed by atoms with Crippen LogP contribution < -0.4 is 0 Å². The Morgan fingerprint density at radius 2 is 2.09 bits per heavy atom. The molecule has 0 spiro atoms. The summed E-state index contributed by atoms with van der Waals surface area (Å²) >= 11 is 1.71. The van der Waals surface area contributed by atoms with E-state index in [0.29, 0.717) is 0 Å². The van der Waals surface area contributed by atoms with E-state index in [-0.39, 0.29) is 0 Å². The third-order valence-corrected chi connectivity index (χ3v) is 2.65. The first-order valence-electron chi connectivity index (χ1n) is 3.78. The van der Waals surface area contributed by atoms with E-state index in [9.17, 15) is 0 Å². The van der Waals surface area contributed by atoms with Gasteiger partial charge in [0.1, 0.15) is 10.9 Å². The quantitative estimate of drug-likeness (QED) is 0.633. The summed E-state index contributed by atoms with van der Waals surface area (Å²) in [5, 5.41) is 1.16. The van der Waals surface area contributed by atoms with Crippen LogP contribution in [-0.2, 0) is 6.54 Å². The minimum atomic E-state index is 1.02. The van der Waals surface area contributed by atoms with Gasteiger partial charge in [-0.15, -0.1) is 11.8 Å². The smallest absolute Gasteiger partial charge is 0.117 e. The molecule has 0 aliphatic rings. The Morgan fingerprint density at radius 3 is 2.36 bits per heavy atom. The lowest BCUT2D eigenvalue weighted by Crippen LogP contribution is -1.98. The fourth-order valence-corrected chi connectivity index (χ4v) is 1.93. The molecule has 0 aliphatic heterocycles. The van der Waals surface area contributed by atoms with Crippen molar-refractivity contribution in [1.82, 2.24) is 9.55 Å². The number of nitrogens with zero attached hydrogens (tertiary/aromatic N) is 2. The zero-order valence-corrected chi connectivity index (χ0v) is 8.33. The van der Waals surface area contributed by atoms with Crippen molar-refractivity contribution in [2.75, 3.05) is 6.26 Å². The first-order valence-corrected chi connectivity index (χ1v) is 5.00. The van der Waals surface area contributed by atoms with Crippen molar-refractivity contribution >= 4 is 11.8 Å². The molecule has 0 aromatic carbocycles. The van der Waals surface area contributed by atoms with Crippen molar-refractivity contribution in [1.29, 1.82) is 0 Å². The summed E-state index contributed by atoms with van der Waals surface area (Å²) in [6, 6.07) is 0. The van der Waals surface area contributed by atoms with Crippen molar-refractivity contribution < 1.29 is 0 Å². The maximum absolute atomic E-state index is 4.43. The molecule has 1 aromatic rings. The SMILES string of the molecule is CCn1c(C)nc(SC)c1C. The molecule has 0 unspecified atom stereocenters. The Labute approximate surface area is 72.0 Å². The number of hydrogen-bond donors (Lipinski definition) is 0. The van der Waals surface area contributed by atoms with Crippen molar-refractivity contribution in [3.05, 3.63) is 11.5 Å². The van der Waals surface area contributed by atoms with Gasteiger partial charge in [-0.25, -0.2) is 4.98 Å². The first-order chi connectivity index (χ1) is 5.20. The van der Waals surface area contributed by atoms with Crippen LogP contribution in [0.4, 0.5) is 0 Å². The number of hydrogen-bond acceptors (Lipinski definition) is 2. The Kier molecular flexibility index (Phi) is 2.60. The standard InChI is InChI=1S/C8H14N2S/c1-5-10-6(2)8(11-4)9-7(10)3/h5H2,1-4H3. The lowest BCUT2D eigenvalue weighted by atomic mass is 10.5. The van der Waals surface area contributed by atoms with E-state index in [1.807, 2.05) is 0 Å². The summed E-state index contributed by atoms with van der Waals surface area (Å²) in [6.07, 6.45) is 2.06. The number of aromatic nitrogens is 2. The first kappa shape index (κ1) is 8.65. The highest BCUT2D eigenvalue weighted by Crippen LogP contribution is 2.19. The van der Waals surface area contributed by atoms with Gasteiger partial charge in [0.05, 0.1) is 0 Å². The minimum absolute atomic E-state index is 1.02. The highest BCUT2D eigenvalue weighted by molar-refractivity contribution is 7.98. The summed E-state index contributed by atoms with van der Waals surface area (Å²) in [6.45, 7) is 7.34. The lowest BCUT2D eigenvalue weighted by Gasteiger charge is -2.01. The molecule has 0 N–H and O–H groups in total. The average Bonchev–Trinajstić information content (AvgIpc) is 2.26. The molecule has 1 heterocycles. The topological polar surface area (TPSA) is 17.8 Å². The highest BCUT2D eigenvalue weighted by Gasteiger charge is 2.06. The molecule has 2 nitrogen and oxygen atoms in total. The molecule has 0 atom stereocenters. The molecule has 62 valence electrons. The average molecular weight is 170 g/mol. The van der Waals surface area contributed by atoms with E-state index in [2.05, 4.69) is 36.6 Å². The number of aryl methyl sites for hydroxylation is 1. The molecule has 0 bridgehead atoms.